The molecule has 0 saturated carbocycles. The zero-order valence-corrected chi connectivity index (χ0v) is 19.0. The van der Waals surface area contributed by atoms with Crippen LogP contribution in [-0.4, -0.2) is 10.2 Å². The maximum Gasteiger partial charge on any atom is 0.272 e. The molecule has 3 heteroatoms. The van der Waals surface area contributed by atoms with Gasteiger partial charge in [-0.3, -0.25) is 4.79 Å². The van der Waals surface area contributed by atoms with E-state index in [1.54, 1.807) is 0 Å². The average molecular weight is 451 g/mol. The summed E-state index contributed by atoms with van der Waals surface area (Å²) in [5.74, 6) is 0. The molecule has 166 valence electrons. The van der Waals surface area contributed by atoms with Crippen molar-refractivity contribution in [1.82, 2.24) is 10.2 Å². The van der Waals surface area contributed by atoms with Crippen LogP contribution in [0.3, 0.4) is 0 Å². The smallest absolute Gasteiger partial charge is 0.267 e. The minimum atomic E-state index is -0.194. The highest BCUT2D eigenvalue weighted by Crippen LogP contribution is 2.40. The third kappa shape index (κ3) is 3.73. The highest BCUT2D eigenvalue weighted by molar-refractivity contribution is 6.08. The van der Waals surface area contributed by atoms with Crippen LogP contribution in [0.2, 0.25) is 0 Å². The third-order valence-electron chi connectivity index (χ3n) is 6.38. The van der Waals surface area contributed by atoms with Crippen molar-refractivity contribution < 1.29 is 0 Å². The van der Waals surface area contributed by atoms with E-state index in [9.17, 15) is 4.79 Å². The number of hydrogen-bond donors (Lipinski definition) is 1. The quantitative estimate of drug-likeness (QED) is 0.301. The van der Waals surface area contributed by atoms with Crippen LogP contribution in [-0.2, 0) is 0 Å². The van der Waals surface area contributed by atoms with Gasteiger partial charge in [0.1, 0.15) is 0 Å². The summed E-state index contributed by atoms with van der Waals surface area (Å²) in [5, 5.41) is 8.83. The van der Waals surface area contributed by atoms with Gasteiger partial charge in [-0.15, -0.1) is 0 Å². The van der Waals surface area contributed by atoms with Gasteiger partial charge < -0.3 is 0 Å². The Bertz CT molecular complexity index is 1610. The van der Waals surface area contributed by atoms with E-state index in [-0.39, 0.29) is 5.56 Å². The van der Waals surface area contributed by atoms with Crippen LogP contribution in [0.25, 0.3) is 55.4 Å². The fraction of sp³-hybridized carbons (Fsp3) is 0. The molecule has 0 saturated heterocycles. The molecule has 0 radical (unpaired) electrons. The van der Waals surface area contributed by atoms with E-state index in [2.05, 4.69) is 64.8 Å². The molecule has 35 heavy (non-hydrogen) atoms. The molecule has 6 rings (SSSR count). The summed E-state index contributed by atoms with van der Waals surface area (Å²) in [6.07, 6.45) is 0. The van der Waals surface area contributed by atoms with E-state index in [1.807, 2.05) is 72.8 Å². The van der Waals surface area contributed by atoms with Crippen molar-refractivity contribution in [2.45, 2.75) is 0 Å². The first-order valence-corrected chi connectivity index (χ1v) is 11.6. The molecule has 5 aromatic carbocycles. The molecule has 1 aromatic heterocycles. The number of nitrogens with zero attached hydrogens (tertiary/aromatic N) is 1. The topological polar surface area (TPSA) is 45.8 Å². The molecule has 0 amide bonds. The number of H-pyrrole nitrogens is 1. The van der Waals surface area contributed by atoms with E-state index in [1.165, 1.54) is 0 Å². The molecule has 1 heterocycles. The Kier molecular flexibility index (Phi) is 5.28. The van der Waals surface area contributed by atoms with Crippen LogP contribution in [0.4, 0.5) is 0 Å². The second kappa shape index (κ2) is 8.88. The van der Waals surface area contributed by atoms with Crippen LogP contribution in [0.1, 0.15) is 0 Å². The second-order valence-corrected chi connectivity index (χ2v) is 8.45. The molecule has 0 aliphatic rings. The molecule has 0 atom stereocenters. The molecule has 6 aromatic rings. The Hall–Kier alpha value is -4.76. The molecule has 0 unspecified atom stereocenters. The second-order valence-electron chi connectivity index (χ2n) is 8.45. The van der Waals surface area contributed by atoms with Crippen LogP contribution < -0.4 is 5.56 Å². The zero-order chi connectivity index (χ0) is 23.6. The lowest BCUT2D eigenvalue weighted by molar-refractivity contribution is 1.02. The van der Waals surface area contributed by atoms with Gasteiger partial charge in [-0.2, -0.15) is 5.10 Å². The largest absolute Gasteiger partial charge is 0.272 e. The van der Waals surface area contributed by atoms with E-state index < -0.39 is 0 Å². The van der Waals surface area contributed by atoms with Crippen molar-refractivity contribution in [3.8, 4) is 44.6 Å². The van der Waals surface area contributed by atoms with Crippen molar-refractivity contribution in [3.05, 3.63) is 138 Å². The summed E-state index contributed by atoms with van der Waals surface area (Å²) in [4.78, 5) is 12.9. The number of fused-ring (bicyclic) bond motifs is 1. The number of aromatic amines is 1. The normalized spacial score (nSPS) is 11.0. The van der Waals surface area contributed by atoms with Gasteiger partial charge in [-0.25, -0.2) is 5.10 Å². The van der Waals surface area contributed by atoms with E-state index in [4.69, 9.17) is 0 Å². The molecule has 3 nitrogen and oxygen atoms in total. The first-order chi connectivity index (χ1) is 17.3. The van der Waals surface area contributed by atoms with Gasteiger partial charge >= 0.3 is 0 Å². The minimum absolute atomic E-state index is 0.194. The highest BCUT2D eigenvalue weighted by Gasteiger charge is 2.18. The summed E-state index contributed by atoms with van der Waals surface area (Å²) >= 11 is 0. The standard InChI is InChI=1S/C32H22N2O/c35-32-29-21-11-20-27(26-18-9-7-16-24(26)22-12-3-1-4-13-22)30(29)31(33-34-32)28-19-10-8-17-25(28)23-14-5-2-6-15-23/h1-21H,(H,34,35). The van der Waals surface area contributed by atoms with Gasteiger partial charge in [0.15, 0.2) is 0 Å². The fourth-order valence-corrected chi connectivity index (χ4v) is 4.79. The molecule has 1 N–H and O–H groups in total. The Balaban J connectivity index is 1.68. The Labute approximate surface area is 203 Å². The van der Waals surface area contributed by atoms with Crippen molar-refractivity contribution >= 4 is 10.8 Å². The molecule has 0 bridgehead atoms. The van der Waals surface area contributed by atoms with Crippen molar-refractivity contribution in [2.75, 3.05) is 0 Å². The Morgan fingerprint density at radius 2 is 0.943 bits per heavy atom. The maximum absolute atomic E-state index is 12.9. The lowest BCUT2D eigenvalue weighted by Crippen LogP contribution is -2.10. The Morgan fingerprint density at radius 3 is 1.57 bits per heavy atom. The third-order valence-corrected chi connectivity index (χ3v) is 6.38. The van der Waals surface area contributed by atoms with Crippen LogP contribution in [0, 0.1) is 0 Å². The van der Waals surface area contributed by atoms with Gasteiger partial charge in [0, 0.05) is 10.9 Å². The predicted octanol–water partition coefficient (Wildman–Crippen LogP) is 7.59. The molecule has 0 aliphatic heterocycles. The van der Waals surface area contributed by atoms with Gasteiger partial charge in [0.2, 0.25) is 0 Å². The highest BCUT2D eigenvalue weighted by atomic mass is 16.1. The Morgan fingerprint density at radius 1 is 0.457 bits per heavy atom. The first-order valence-electron chi connectivity index (χ1n) is 11.6. The minimum Gasteiger partial charge on any atom is -0.267 e. The van der Waals surface area contributed by atoms with Gasteiger partial charge in [0.25, 0.3) is 5.56 Å². The lowest BCUT2D eigenvalue weighted by atomic mass is 9.89. The lowest BCUT2D eigenvalue weighted by Gasteiger charge is -2.16. The van der Waals surface area contributed by atoms with Gasteiger partial charge in [-0.05, 0) is 39.4 Å². The SMILES string of the molecule is O=c1[nH]nc(-c2ccccc2-c2ccccc2)c2c(-c3ccccc3-c3ccccc3)cccc12. The number of nitrogens with one attached hydrogen (secondary N) is 1. The van der Waals surface area contributed by atoms with Crippen LogP contribution >= 0.6 is 0 Å². The number of benzene rings is 5. The molecule has 0 spiro atoms. The van der Waals surface area contributed by atoms with Gasteiger partial charge in [-0.1, -0.05) is 121 Å². The van der Waals surface area contributed by atoms with Gasteiger partial charge in [0.05, 0.1) is 11.1 Å². The molecular weight excluding hydrogens is 428 g/mol. The molecular formula is C32H22N2O. The van der Waals surface area contributed by atoms with Crippen LogP contribution in [0.5, 0.6) is 0 Å². The predicted molar refractivity (Wildman–Crippen MR) is 144 cm³/mol. The van der Waals surface area contributed by atoms with E-state index in [0.29, 0.717) is 5.39 Å². The van der Waals surface area contributed by atoms with Crippen LogP contribution in [0.15, 0.2) is 132 Å². The number of hydrogen-bond acceptors (Lipinski definition) is 2. The van der Waals surface area contributed by atoms with Crippen molar-refractivity contribution in [1.29, 1.82) is 0 Å². The van der Waals surface area contributed by atoms with E-state index >= 15 is 0 Å². The maximum atomic E-state index is 12.9. The van der Waals surface area contributed by atoms with Crippen molar-refractivity contribution in [2.24, 2.45) is 0 Å². The summed E-state index contributed by atoms with van der Waals surface area (Å²) in [5.41, 5.74) is 8.01. The summed E-state index contributed by atoms with van der Waals surface area (Å²) < 4.78 is 0. The summed E-state index contributed by atoms with van der Waals surface area (Å²) in [6.45, 7) is 0. The first kappa shape index (κ1) is 20.8. The zero-order valence-electron chi connectivity index (χ0n) is 19.0. The monoisotopic (exact) mass is 450 g/mol. The number of aromatic nitrogens is 2. The summed E-state index contributed by atoms with van der Waals surface area (Å²) in [6, 6.07) is 43.1. The number of rotatable bonds is 4. The summed E-state index contributed by atoms with van der Waals surface area (Å²) in [7, 11) is 0. The molecule has 0 aliphatic carbocycles. The molecule has 0 fully saturated rings. The van der Waals surface area contributed by atoms with E-state index in [0.717, 1.165) is 50.0 Å². The fourth-order valence-electron chi connectivity index (χ4n) is 4.79. The average Bonchev–Trinajstić information content (AvgIpc) is 2.94. The van der Waals surface area contributed by atoms with Crippen molar-refractivity contribution in [3.63, 3.8) is 0 Å².